The molecule has 2 aromatic rings. The Morgan fingerprint density at radius 1 is 1.00 bits per heavy atom. The van der Waals surface area contributed by atoms with Crippen LogP contribution in [-0.4, -0.2) is 23.8 Å². The van der Waals surface area contributed by atoms with Crippen LogP contribution in [0.25, 0.3) is 0 Å². The van der Waals surface area contributed by atoms with Crippen molar-refractivity contribution in [3.63, 3.8) is 0 Å². The summed E-state index contributed by atoms with van der Waals surface area (Å²) in [6, 6.07) is 18.5. The minimum Gasteiger partial charge on any atom is -0.457 e. The molecule has 0 saturated heterocycles. The van der Waals surface area contributed by atoms with Gasteiger partial charge in [0, 0.05) is 6.04 Å². The van der Waals surface area contributed by atoms with Crippen LogP contribution in [0, 0.1) is 5.92 Å². The Kier molecular flexibility index (Phi) is 8.43. The van der Waals surface area contributed by atoms with Crippen molar-refractivity contribution < 1.29 is 9.84 Å². The van der Waals surface area contributed by atoms with E-state index in [0.717, 1.165) is 37.3 Å². The standard InChI is InChI=1S/C22H29NO2.ClH/c1-2-3-13-23-21-15-18(16-22(21)24)14-17-9-11-20(12-10-17)25-19-7-5-4-6-8-19;/h4-12,18,21-24H,2-3,13-16H2,1H3;1H. The van der Waals surface area contributed by atoms with Gasteiger partial charge in [-0.05, 0) is 68.0 Å². The predicted molar refractivity (Wildman–Crippen MR) is 109 cm³/mol. The number of unbranched alkanes of at least 4 members (excludes halogenated alkanes) is 1. The van der Waals surface area contributed by atoms with E-state index in [2.05, 4.69) is 24.4 Å². The fourth-order valence-electron chi connectivity index (χ4n) is 3.62. The first-order chi connectivity index (χ1) is 12.2. The number of para-hydroxylation sites is 1. The van der Waals surface area contributed by atoms with Crippen LogP contribution in [0.2, 0.25) is 0 Å². The van der Waals surface area contributed by atoms with Crippen molar-refractivity contribution in [2.45, 2.75) is 51.2 Å². The molecular weight excluding hydrogens is 346 g/mol. The molecule has 0 amide bonds. The highest BCUT2D eigenvalue weighted by molar-refractivity contribution is 5.85. The number of benzene rings is 2. The Labute approximate surface area is 163 Å². The molecule has 0 radical (unpaired) electrons. The lowest BCUT2D eigenvalue weighted by molar-refractivity contribution is 0.147. The normalized spacial score (nSPS) is 22.0. The molecule has 4 heteroatoms. The van der Waals surface area contributed by atoms with Gasteiger partial charge in [0.2, 0.25) is 0 Å². The molecule has 0 heterocycles. The van der Waals surface area contributed by atoms with E-state index in [1.165, 1.54) is 18.4 Å². The van der Waals surface area contributed by atoms with Gasteiger partial charge >= 0.3 is 0 Å². The number of nitrogens with one attached hydrogen (secondary N) is 1. The summed E-state index contributed by atoms with van der Waals surface area (Å²) in [5, 5.41) is 13.8. The monoisotopic (exact) mass is 375 g/mol. The zero-order chi connectivity index (χ0) is 17.5. The van der Waals surface area contributed by atoms with Crippen LogP contribution in [-0.2, 0) is 6.42 Å². The number of ether oxygens (including phenoxy) is 1. The van der Waals surface area contributed by atoms with Crippen molar-refractivity contribution in [3.8, 4) is 11.5 Å². The van der Waals surface area contributed by atoms with Gasteiger partial charge in [0.25, 0.3) is 0 Å². The quantitative estimate of drug-likeness (QED) is 0.640. The lowest BCUT2D eigenvalue weighted by atomic mass is 9.97. The molecule has 1 saturated carbocycles. The maximum atomic E-state index is 10.3. The minimum absolute atomic E-state index is 0. The number of aliphatic hydroxyl groups excluding tert-OH is 1. The summed E-state index contributed by atoms with van der Waals surface area (Å²) in [6.07, 6.45) is 5.14. The van der Waals surface area contributed by atoms with Gasteiger partial charge in [-0.25, -0.2) is 0 Å². The number of aliphatic hydroxyl groups is 1. The SMILES string of the molecule is CCCCNC1CC(Cc2ccc(Oc3ccccc3)cc2)CC1O.Cl. The highest BCUT2D eigenvalue weighted by Gasteiger charge is 2.32. The molecule has 2 aromatic carbocycles. The molecule has 3 atom stereocenters. The molecule has 0 spiro atoms. The molecule has 1 aliphatic carbocycles. The van der Waals surface area contributed by atoms with Gasteiger partial charge in [-0.3, -0.25) is 0 Å². The molecule has 3 rings (SSSR count). The molecular formula is C22H30ClNO2. The maximum Gasteiger partial charge on any atom is 0.127 e. The summed E-state index contributed by atoms with van der Waals surface area (Å²) < 4.78 is 5.84. The van der Waals surface area contributed by atoms with Crippen LogP contribution >= 0.6 is 12.4 Å². The molecule has 26 heavy (non-hydrogen) atoms. The van der Waals surface area contributed by atoms with Crippen molar-refractivity contribution in [1.82, 2.24) is 5.32 Å². The molecule has 0 aliphatic heterocycles. The highest BCUT2D eigenvalue weighted by Crippen LogP contribution is 2.30. The summed E-state index contributed by atoms with van der Waals surface area (Å²) in [7, 11) is 0. The fourth-order valence-corrected chi connectivity index (χ4v) is 3.62. The maximum absolute atomic E-state index is 10.3. The van der Waals surface area contributed by atoms with Crippen LogP contribution in [0.5, 0.6) is 11.5 Å². The molecule has 3 nitrogen and oxygen atoms in total. The van der Waals surface area contributed by atoms with Crippen LogP contribution in [0.1, 0.15) is 38.2 Å². The molecule has 1 aliphatic rings. The summed E-state index contributed by atoms with van der Waals surface area (Å²) in [5.74, 6) is 2.27. The third kappa shape index (κ3) is 6.01. The second kappa shape index (κ2) is 10.6. The number of halogens is 1. The Bertz CT molecular complexity index is 632. The van der Waals surface area contributed by atoms with E-state index in [4.69, 9.17) is 4.74 Å². The Balaban J connectivity index is 0.00000243. The van der Waals surface area contributed by atoms with Crippen molar-refractivity contribution in [2.24, 2.45) is 5.92 Å². The zero-order valence-electron chi connectivity index (χ0n) is 15.4. The Hall–Kier alpha value is -1.55. The van der Waals surface area contributed by atoms with Crippen molar-refractivity contribution >= 4 is 12.4 Å². The highest BCUT2D eigenvalue weighted by atomic mass is 35.5. The average molecular weight is 376 g/mol. The average Bonchev–Trinajstić information content (AvgIpc) is 2.97. The minimum atomic E-state index is -0.206. The second-order valence-electron chi connectivity index (χ2n) is 7.08. The van der Waals surface area contributed by atoms with Gasteiger partial charge in [0.05, 0.1) is 6.10 Å². The molecule has 142 valence electrons. The smallest absolute Gasteiger partial charge is 0.127 e. The number of hydrogen-bond donors (Lipinski definition) is 2. The topological polar surface area (TPSA) is 41.5 Å². The van der Waals surface area contributed by atoms with E-state index >= 15 is 0 Å². The van der Waals surface area contributed by atoms with E-state index in [0.29, 0.717) is 5.92 Å². The van der Waals surface area contributed by atoms with E-state index in [-0.39, 0.29) is 24.6 Å². The van der Waals surface area contributed by atoms with Crippen molar-refractivity contribution in [1.29, 1.82) is 0 Å². The molecule has 2 N–H and O–H groups in total. The van der Waals surface area contributed by atoms with E-state index in [1.807, 2.05) is 42.5 Å². The largest absolute Gasteiger partial charge is 0.457 e. The molecule has 3 unspecified atom stereocenters. The van der Waals surface area contributed by atoms with Gasteiger partial charge in [-0.1, -0.05) is 43.7 Å². The van der Waals surface area contributed by atoms with Crippen LogP contribution in [0.15, 0.2) is 54.6 Å². The first-order valence-electron chi connectivity index (χ1n) is 9.48. The van der Waals surface area contributed by atoms with Gasteiger partial charge in [-0.15, -0.1) is 12.4 Å². The number of rotatable bonds is 8. The number of hydrogen-bond acceptors (Lipinski definition) is 3. The summed E-state index contributed by atoms with van der Waals surface area (Å²) >= 11 is 0. The van der Waals surface area contributed by atoms with E-state index in [1.54, 1.807) is 0 Å². The Morgan fingerprint density at radius 3 is 2.38 bits per heavy atom. The van der Waals surface area contributed by atoms with Gasteiger partial charge in [0.1, 0.15) is 11.5 Å². The van der Waals surface area contributed by atoms with Gasteiger partial charge < -0.3 is 15.2 Å². The second-order valence-corrected chi connectivity index (χ2v) is 7.08. The van der Waals surface area contributed by atoms with Gasteiger partial charge in [-0.2, -0.15) is 0 Å². The molecule has 0 aromatic heterocycles. The summed E-state index contributed by atoms with van der Waals surface area (Å²) in [6.45, 7) is 3.21. The molecule has 1 fully saturated rings. The van der Waals surface area contributed by atoms with Crippen molar-refractivity contribution in [3.05, 3.63) is 60.2 Å². The summed E-state index contributed by atoms with van der Waals surface area (Å²) in [4.78, 5) is 0. The lowest BCUT2D eigenvalue weighted by Gasteiger charge is -2.16. The Morgan fingerprint density at radius 2 is 1.69 bits per heavy atom. The third-order valence-corrected chi connectivity index (χ3v) is 4.99. The fraction of sp³-hybridized carbons (Fsp3) is 0.455. The van der Waals surface area contributed by atoms with E-state index < -0.39 is 0 Å². The third-order valence-electron chi connectivity index (χ3n) is 4.99. The first-order valence-corrected chi connectivity index (χ1v) is 9.48. The lowest BCUT2D eigenvalue weighted by Crippen LogP contribution is -2.36. The van der Waals surface area contributed by atoms with Crippen molar-refractivity contribution in [2.75, 3.05) is 6.54 Å². The van der Waals surface area contributed by atoms with E-state index in [9.17, 15) is 5.11 Å². The zero-order valence-corrected chi connectivity index (χ0v) is 16.3. The first kappa shape index (κ1) is 20.8. The van der Waals surface area contributed by atoms with Crippen LogP contribution < -0.4 is 10.1 Å². The molecule has 0 bridgehead atoms. The van der Waals surface area contributed by atoms with Gasteiger partial charge in [0.15, 0.2) is 0 Å². The van der Waals surface area contributed by atoms with Crippen LogP contribution in [0.3, 0.4) is 0 Å². The summed E-state index contributed by atoms with van der Waals surface area (Å²) in [5.41, 5.74) is 1.31. The predicted octanol–water partition coefficient (Wildman–Crippen LogP) is 4.97. The van der Waals surface area contributed by atoms with Crippen LogP contribution in [0.4, 0.5) is 0 Å².